The largest absolute Gasteiger partial charge is 0.247 e. The van der Waals surface area contributed by atoms with Gasteiger partial charge in [0.15, 0.2) is 0 Å². The van der Waals surface area contributed by atoms with Gasteiger partial charge in [0.1, 0.15) is 19.2 Å². The Labute approximate surface area is 195 Å². The number of hydrogen-bond acceptors (Lipinski definition) is 5. The number of halogens is 2. The molecule has 0 unspecified atom stereocenters. The zero-order valence-electron chi connectivity index (χ0n) is 13.8. The van der Waals surface area contributed by atoms with Gasteiger partial charge in [-0.15, -0.1) is 45.3 Å². The van der Waals surface area contributed by atoms with Crippen molar-refractivity contribution in [2.45, 2.75) is 8.42 Å². The fourth-order valence-corrected chi connectivity index (χ4v) is 13.0. The van der Waals surface area contributed by atoms with E-state index in [9.17, 15) is 4.21 Å². The smallest absolute Gasteiger partial charge is 0.113 e. The summed E-state index contributed by atoms with van der Waals surface area (Å²) in [6.07, 6.45) is 0. The Bertz CT molecular complexity index is 1450. The molecule has 0 saturated carbocycles. The zero-order chi connectivity index (χ0) is 19.0. The van der Waals surface area contributed by atoms with E-state index >= 15 is 0 Å². The van der Waals surface area contributed by atoms with E-state index in [-0.39, 0.29) is 0 Å². The van der Waals surface area contributed by atoms with E-state index in [4.69, 9.17) is 0 Å². The van der Waals surface area contributed by atoms with Gasteiger partial charge in [-0.1, -0.05) is 36.4 Å². The Kier molecular flexibility index (Phi) is 4.35. The van der Waals surface area contributed by atoms with Gasteiger partial charge in [-0.05, 0) is 44.0 Å². The first-order valence-electron chi connectivity index (χ1n) is 8.24. The first kappa shape index (κ1) is 18.2. The summed E-state index contributed by atoms with van der Waals surface area (Å²) >= 11 is 14.3. The summed E-state index contributed by atoms with van der Waals surface area (Å²) in [6.45, 7) is 0. The lowest BCUT2D eigenvalue weighted by Crippen LogP contribution is -1.87. The van der Waals surface area contributed by atoms with Crippen LogP contribution >= 0.6 is 77.2 Å². The standard InChI is InChI=1S/C20H8Br2OS5/c21-13-17-15(9-5-1-3-7-11(9)24-17)26-19(13)28(23)20-14(22)18-16(27-20)10-6-2-4-8-12(10)25-18/h1-8H. The van der Waals surface area contributed by atoms with Gasteiger partial charge < -0.3 is 0 Å². The number of thiophene rings is 4. The summed E-state index contributed by atoms with van der Waals surface area (Å²) in [5.41, 5.74) is 0. The van der Waals surface area contributed by atoms with E-state index in [1.54, 1.807) is 45.3 Å². The third-order valence-electron chi connectivity index (χ3n) is 4.58. The molecule has 6 rings (SSSR count). The van der Waals surface area contributed by atoms with Crippen LogP contribution in [0.3, 0.4) is 0 Å². The van der Waals surface area contributed by atoms with Crippen LogP contribution in [0.5, 0.6) is 0 Å². The third-order valence-corrected chi connectivity index (χ3v) is 14.9. The van der Waals surface area contributed by atoms with Crippen molar-refractivity contribution in [1.29, 1.82) is 0 Å². The molecule has 4 aromatic heterocycles. The van der Waals surface area contributed by atoms with Gasteiger partial charge in [0.2, 0.25) is 0 Å². The van der Waals surface area contributed by atoms with Gasteiger partial charge in [0.05, 0.1) is 27.7 Å². The molecule has 0 atom stereocenters. The second-order valence-corrected chi connectivity index (χ2v) is 13.8. The molecule has 4 heterocycles. The molecule has 8 heteroatoms. The van der Waals surface area contributed by atoms with Crippen molar-refractivity contribution in [2.75, 3.05) is 0 Å². The molecule has 0 aliphatic rings. The molecular weight excluding hydrogens is 576 g/mol. The predicted octanol–water partition coefficient (Wildman–Crippen LogP) is 9.24. The maximum atomic E-state index is 13.6. The van der Waals surface area contributed by atoms with Crippen LogP contribution in [0.15, 0.2) is 65.9 Å². The molecule has 138 valence electrons. The summed E-state index contributed by atoms with van der Waals surface area (Å²) in [5, 5.41) is 2.49. The van der Waals surface area contributed by atoms with Crippen LogP contribution < -0.4 is 0 Å². The van der Waals surface area contributed by atoms with Crippen molar-refractivity contribution in [3.05, 3.63) is 57.5 Å². The van der Waals surface area contributed by atoms with E-state index in [1.165, 1.54) is 39.0 Å². The maximum absolute atomic E-state index is 13.6. The molecule has 0 fully saturated rings. The second-order valence-electron chi connectivity index (χ2n) is 6.19. The lowest BCUT2D eigenvalue weighted by Gasteiger charge is -1.98. The molecule has 28 heavy (non-hydrogen) atoms. The molecular formula is C20H8Br2OS5. The third kappa shape index (κ3) is 2.52. The van der Waals surface area contributed by atoms with Crippen LogP contribution in [0, 0.1) is 0 Å². The van der Waals surface area contributed by atoms with Crippen LogP contribution in [-0.2, 0) is 10.8 Å². The first-order chi connectivity index (χ1) is 13.6. The SMILES string of the molecule is O=S(c1sc2c(sc3ccccc32)c1Br)c1sc2c(sc3ccccc32)c1Br. The average molecular weight is 584 g/mol. The topological polar surface area (TPSA) is 17.1 Å². The van der Waals surface area contributed by atoms with Gasteiger partial charge >= 0.3 is 0 Å². The summed E-state index contributed by atoms with van der Waals surface area (Å²) in [4.78, 5) is 0. The highest BCUT2D eigenvalue weighted by Crippen LogP contribution is 2.51. The highest BCUT2D eigenvalue weighted by Gasteiger charge is 2.25. The van der Waals surface area contributed by atoms with Gasteiger partial charge in [-0.2, -0.15) is 0 Å². The van der Waals surface area contributed by atoms with Gasteiger partial charge in [0, 0.05) is 20.2 Å². The summed E-state index contributed by atoms with van der Waals surface area (Å²) in [5.74, 6) is 0. The minimum atomic E-state index is -1.22. The molecule has 0 aliphatic heterocycles. The van der Waals surface area contributed by atoms with Gasteiger partial charge in [0.25, 0.3) is 0 Å². The summed E-state index contributed by atoms with van der Waals surface area (Å²) in [6, 6.07) is 16.8. The molecule has 0 radical (unpaired) electrons. The van der Waals surface area contributed by atoms with Gasteiger partial charge in [-0.3, -0.25) is 0 Å². The van der Waals surface area contributed by atoms with E-state index in [2.05, 4.69) is 80.4 Å². The minimum absolute atomic E-state index is 0.894. The number of rotatable bonds is 2. The highest BCUT2D eigenvalue weighted by molar-refractivity contribution is 9.11. The molecule has 6 aromatic rings. The number of hydrogen-bond donors (Lipinski definition) is 0. The van der Waals surface area contributed by atoms with Crippen LogP contribution in [0.25, 0.3) is 39.0 Å². The predicted molar refractivity (Wildman–Crippen MR) is 134 cm³/mol. The Morgan fingerprint density at radius 1 is 0.607 bits per heavy atom. The second kappa shape index (κ2) is 6.70. The van der Waals surface area contributed by atoms with Crippen molar-refractivity contribution in [1.82, 2.24) is 0 Å². The Hall–Kier alpha value is -0.610. The molecule has 0 amide bonds. The molecule has 2 aromatic carbocycles. The first-order valence-corrected chi connectivity index (χ1v) is 14.2. The zero-order valence-corrected chi connectivity index (χ0v) is 21.1. The summed E-state index contributed by atoms with van der Waals surface area (Å²) in [7, 11) is -1.22. The van der Waals surface area contributed by atoms with Crippen molar-refractivity contribution < 1.29 is 4.21 Å². The van der Waals surface area contributed by atoms with Crippen molar-refractivity contribution in [3.63, 3.8) is 0 Å². The van der Waals surface area contributed by atoms with E-state index in [0.29, 0.717) is 0 Å². The Balaban J connectivity index is 1.56. The Morgan fingerprint density at radius 2 is 1.04 bits per heavy atom. The normalized spacial score (nSPS) is 12.4. The molecule has 0 N–H and O–H groups in total. The maximum Gasteiger partial charge on any atom is 0.113 e. The lowest BCUT2D eigenvalue weighted by molar-refractivity contribution is 0.685. The Morgan fingerprint density at radius 3 is 1.50 bits per heavy atom. The highest BCUT2D eigenvalue weighted by atomic mass is 79.9. The van der Waals surface area contributed by atoms with Gasteiger partial charge in [-0.25, -0.2) is 4.21 Å². The quantitative estimate of drug-likeness (QED) is 0.198. The molecule has 0 bridgehead atoms. The van der Waals surface area contributed by atoms with Crippen LogP contribution in [0.2, 0.25) is 0 Å². The number of fused-ring (bicyclic) bond motifs is 6. The van der Waals surface area contributed by atoms with Crippen LogP contribution in [-0.4, -0.2) is 4.21 Å². The van der Waals surface area contributed by atoms with Crippen molar-refractivity contribution in [3.8, 4) is 0 Å². The average Bonchev–Trinajstić information content (AvgIpc) is 3.42. The van der Waals surface area contributed by atoms with Crippen molar-refractivity contribution in [2.24, 2.45) is 0 Å². The molecule has 0 spiro atoms. The van der Waals surface area contributed by atoms with E-state index in [1.807, 2.05) is 0 Å². The van der Waals surface area contributed by atoms with E-state index in [0.717, 1.165) is 17.4 Å². The monoisotopic (exact) mass is 582 g/mol. The molecule has 0 aliphatic carbocycles. The summed E-state index contributed by atoms with van der Waals surface area (Å²) < 4.78 is 24.7. The number of benzene rings is 2. The fraction of sp³-hybridized carbons (Fsp3) is 0. The fourth-order valence-electron chi connectivity index (χ4n) is 3.32. The lowest BCUT2D eigenvalue weighted by atomic mass is 10.2. The van der Waals surface area contributed by atoms with Crippen molar-refractivity contribution >= 4 is 127 Å². The van der Waals surface area contributed by atoms with Crippen LogP contribution in [0.1, 0.15) is 0 Å². The van der Waals surface area contributed by atoms with E-state index < -0.39 is 10.8 Å². The molecule has 0 saturated heterocycles. The molecule has 1 nitrogen and oxygen atoms in total. The minimum Gasteiger partial charge on any atom is -0.247 e. The van der Waals surface area contributed by atoms with Crippen LogP contribution in [0.4, 0.5) is 0 Å².